The van der Waals surface area contributed by atoms with Crippen LogP contribution in [0.2, 0.25) is 0 Å². The average Bonchev–Trinajstić information content (AvgIpc) is 3.33. The number of nitrogens with zero attached hydrogens (tertiary/aromatic N) is 5. The van der Waals surface area contributed by atoms with Crippen molar-refractivity contribution in [3.05, 3.63) is 69.3 Å². The first-order valence-electron chi connectivity index (χ1n) is 8.81. The molecule has 0 N–H and O–H groups in total. The van der Waals surface area contributed by atoms with Crippen LogP contribution in [0.5, 0.6) is 0 Å². The molecule has 0 unspecified atom stereocenters. The molecule has 0 radical (unpaired) electrons. The lowest BCUT2D eigenvalue weighted by Gasteiger charge is -2.09. The molecule has 1 fully saturated rings. The van der Waals surface area contributed by atoms with Crippen LogP contribution in [0.15, 0.2) is 51.7 Å². The molecule has 1 saturated carbocycles. The van der Waals surface area contributed by atoms with Gasteiger partial charge in [0.05, 0.1) is 5.69 Å². The number of hydrogen-bond acceptors (Lipinski definition) is 6. The van der Waals surface area contributed by atoms with Crippen molar-refractivity contribution in [1.29, 1.82) is 0 Å². The van der Waals surface area contributed by atoms with E-state index in [1.54, 1.807) is 22.2 Å². The Hall–Kier alpha value is -2.45. The first-order chi connectivity index (χ1) is 13.2. The third-order valence-electron chi connectivity index (χ3n) is 4.59. The first kappa shape index (κ1) is 16.7. The van der Waals surface area contributed by atoms with Crippen molar-refractivity contribution in [2.75, 3.05) is 0 Å². The molecule has 8 heteroatoms. The minimum Gasteiger partial charge on any atom is -0.274 e. The van der Waals surface area contributed by atoms with Gasteiger partial charge in [-0.25, -0.2) is 4.98 Å². The minimum absolute atomic E-state index is 0.0301. The van der Waals surface area contributed by atoms with E-state index in [1.807, 2.05) is 30.5 Å². The fraction of sp³-hybridized carbons (Fsp3) is 0.263. The van der Waals surface area contributed by atoms with E-state index in [9.17, 15) is 4.79 Å². The lowest BCUT2D eigenvalue weighted by molar-refractivity contribution is 0.829. The van der Waals surface area contributed by atoms with E-state index in [2.05, 4.69) is 31.9 Å². The fourth-order valence-electron chi connectivity index (χ4n) is 3.11. The maximum atomic E-state index is 12.4. The van der Waals surface area contributed by atoms with Crippen LogP contribution in [0.4, 0.5) is 0 Å². The molecule has 5 rings (SSSR count). The Bertz CT molecular complexity index is 1170. The number of benzene rings is 1. The Balaban J connectivity index is 1.47. The van der Waals surface area contributed by atoms with Gasteiger partial charge in [-0.1, -0.05) is 30.0 Å². The fourth-order valence-corrected chi connectivity index (χ4v) is 4.86. The maximum Gasteiger partial charge on any atom is 0.258 e. The summed E-state index contributed by atoms with van der Waals surface area (Å²) in [5.41, 5.74) is 2.73. The maximum absolute atomic E-state index is 12.4. The lowest BCUT2D eigenvalue weighted by Crippen LogP contribution is -2.14. The van der Waals surface area contributed by atoms with E-state index in [4.69, 9.17) is 0 Å². The summed E-state index contributed by atoms with van der Waals surface area (Å²) in [4.78, 5) is 17.7. The first-order valence-corrected chi connectivity index (χ1v) is 10.7. The van der Waals surface area contributed by atoms with Crippen LogP contribution in [0, 0.1) is 6.92 Å². The number of fused-ring (bicyclic) bond motifs is 1. The summed E-state index contributed by atoms with van der Waals surface area (Å²) in [5, 5.41) is 11.7. The summed E-state index contributed by atoms with van der Waals surface area (Å²) >= 11 is 3.06. The van der Waals surface area contributed by atoms with Crippen LogP contribution >= 0.6 is 23.1 Å². The molecule has 0 atom stereocenters. The zero-order valence-corrected chi connectivity index (χ0v) is 16.3. The molecule has 6 nitrogen and oxygen atoms in total. The third-order valence-corrected chi connectivity index (χ3v) is 6.50. The second-order valence-electron chi connectivity index (χ2n) is 6.66. The number of rotatable bonds is 5. The average molecular weight is 396 g/mol. The van der Waals surface area contributed by atoms with Gasteiger partial charge in [0.15, 0.2) is 10.1 Å². The van der Waals surface area contributed by atoms with Crippen molar-refractivity contribution in [2.45, 2.75) is 36.6 Å². The molecule has 27 heavy (non-hydrogen) atoms. The lowest BCUT2D eigenvalue weighted by atomic mass is 10.3. The SMILES string of the molecule is Cc1csc2nc(CSc3nnc(C4CC4)n3-c3ccccc3)cc(=O)n12. The van der Waals surface area contributed by atoms with E-state index in [0.29, 0.717) is 11.7 Å². The molecule has 0 amide bonds. The highest BCUT2D eigenvalue weighted by atomic mass is 32.2. The number of hydrogen-bond donors (Lipinski definition) is 0. The molecular weight excluding hydrogens is 378 g/mol. The number of thioether (sulfide) groups is 1. The largest absolute Gasteiger partial charge is 0.274 e. The van der Waals surface area contributed by atoms with Gasteiger partial charge in [-0.3, -0.25) is 13.8 Å². The van der Waals surface area contributed by atoms with Crippen molar-refractivity contribution in [3.63, 3.8) is 0 Å². The van der Waals surface area contributed by atoms with Gasteiger partial charge >= 0.3 is 0 Å². The van der Waals surface area contributed by atoms with Crippen molar-refractivity contribution in [2.24, 2.45) is 0 Å². The van der Waals surface area contributed by atoms with E-state index < -0.39 is 0 Å². The smallest absolute Gasteiger partial charge is 0.258 e. The van der Waals surface area contributed by atoms with Crippen LogP contribution in [-0.4, -0.2) is 24.1 Å². The molecule has 0 bridgehead atoms. The molecule has 3 aromatic heterocycles. The summed E-state index contributed by atoms with van der Waals surface area (Å²) < 4.78 is 3.79. The highest BCUT2D eigenvalue weighted by Crippen LogP contribution is 2.41. The van der Waals surface area contributed by atoms with E-state index in [-0.39, 0.29) is 5.56 Å². The Morgan fingerprint density at radius 1 is 1.22 bits per heavy atom. The van der Waals surface area contributed by atoms with Crippen molar-refractivity contribution in [3.8, 4) is 5.69 Å². The molecule has 0 aliphatic heterocycles. The zero-order chi connectivity index (χ0) is 18.4. The van der Waals surface area contributed by atoms with Gasteiger partial charge in [0.1, 0.15) is 5.82 Å². The van der Waals surface area contributed by atoms with Crippen LogP contribution in [0.3, 0.4) is 0 Å². The number of aromatic nitrogens is 5. The van der Waals surface area contributed by atoms with Crippen LogP contribution in [0.25, 0.3) is 10.6 Å². The van der Waals surface area contributed by atoms with Gasteiger partial charge in [-0.15, -0.1) is 21.5 Å². The molecule has 0 spiro atoms. The third kappa shape index (κ3) is 3.08. The Kier molecular flexibility index (Phi) is 4.09. The molecule has 0 saturated heterocycles. The minimum atomic E-state index is -0.0301. The Morgan fingerprint density at radius 2 is 2.04 bits per heavy atom. The molecule has 4 aromatic rings. The van der Waals surface area contributed by atoms with Crippen LogP contribution in [-0.2, 0) is 5.75 Å². The predicted molar refractivity (Wildman–Crippen MR) is 107 cm³/mol. The highest BCUT2D eigenvalue weighted by Gasteiger charge is 2.31. The predicted octanol–water partition coefficient (Wildman–Crippen LogP) is 3.81. The number of thiazole rings is 1. The van der Waals surface area contributed by atoms with Gasteiger partial charge in [0.25, 0.3) is 5.56 Å². The van der Waals surface area contributed by atoms with E-state index in [1.165, 1.54) is 24.2 Å². The monoisotopic (exact) mass is 395 g/mol. The van der Waals surface area contributed by atoms with Gasteiger partial charge in [0, 0.05) is 34.5 Å². The summed E-state index contributed by atoms with van der Waals surface area (Å²) in [6.07, 6.45) is 2.34. The van der Waals surface area contributed by atoms with Gasteiger partial charge in [-0.2, -0.15) is 0 Å². The zero-order valence-electron chi connectivity index (χ0n) is 14.7. The van der Waals surface area contributed by atoms with Crippen molar-refractivity contribution in [1.82, 2.24) is 24.1 Å². The van der Waals surface area contributed by atoms with Crippen molar-refractivity contribution < 1.29 is 0 Å². The Labute approximate surface area is 163 Å². The summed E-state index contributed by atoms with van der Waals surface area (Å²) in [6, 6.07) is 11.8. The standard InChI is InChI=1S/C19H17N5OS2/c1-12-10-26-18-20-14(9-16(25)23(12)18)11-27-19-22-21-17(13-7-8-13)24(19)15-5-3-2-4-6-15/h2-6,9-10,13H,7-8,11H2,1H3. The molecule has 136 valence electrons. The van der Waals surface area contributed by atoms with Crippen LogP contribution in [0.1, 0.15) is 36.0 Å². The normalized spacial score (nSPS) is 14.1. The number of para-hydroxylation sites is 1. The van der Waals surface area contributed by atoms with E-state index >= 15 is 0 Å². The molecule has 1 aliphatic carbocycles. The topological polar surface area (TPSA) is 65.1 Å². The molecule has 1 aliphatic rings. The Morgan fingerprint density at radius 3 is 2.81 bits per heavy atom. The summed E-state index contributed by atoms with van der Waals surface area (Å²) in [5.74, 6) is 2.11. The number of aryl methyl sites for hydroxylation is 1. The van der Waals surface area contributed by atoms with Gasteiger partial charge in [-0.05, 0) is 31.9 Å². The summed E-state index contributed by atoms with van der Waals surface area (Å²) in [7, 11) is 0. The second kappa shape index (κ2) is 6.61. The molecule has 3 heterocycles. The quantitative estimate of drug-likeness (QED) is 0.481. The van der Waals surface area contributed by atoms with Gasteiger partial charge < -0.3 is 0 Å². The highest BCUT2D eigenvalue weighted by molar-refractivity contribution is 7.98. The molecule has 1 aromatic carbocycles. The van der Waals surface area contributed by atoms with E-state index in [0.717, 1.165) is 33.0 Å². The van der Waals surface area contributed by atoms with Crippen molar-refractivity contribution >= 4 is 28.1 Å². The summed E-state index contributed by atoms with van der Waals surface area (Å²) in [6.45, 7) is 1.92. The second-order valence-corrected chi connectivity index (χ2v) is 8.43. The van der Waals surface area contributed by atoms with Gasteiger partial charge in [0.2, 0.25) is 0 Å². The molecular formula is C19H17N5OS2. The van der Waals surface area contributed by atoms with Crippen LogP contribution < -0.4 is 5.56 Å².